The summed E-state index contributed by atoms with van der Waals surface area (Å²) in [5, 5.41) is 10.5. The molecule has 2 aromatic carbocycles. The summed E-state index contributed by atoms with van der Waals surface area (Å²) in [7, 11) is 0. The molecule has 2 heterocycles. The van der Waals surface area contributed by atoms with E-state index in [0.717, 1.165) is 24.0 Å². The number of hydrogen-bond donors (Lipinski definition) is 1. The van der Waals surface area contributed by atoms with Gasteiger partial charge in [-0.05, 0) is 55.2 Å². The number of carbonyl (C=O) groups is 1. The number of rotatable bonds is 4. The minimum absolute atomic E-state index is 0.103. The monoisotopic (exact) mass is 377 g/mol. The smallest absolute Gasteiger partial charge is 0.290 e. The first kappa shape index (κ1) is 18.3. The number of aryl methyl sites for hydroxylation is 2. The molecule has 144 valence electrons. The number of benzene rings is 2. The highest BCUT2D eigenvalue weighted by Gasteiger charge is 2.42. The van der Waals surface area contributed by atoms with Crippen LogP contribution in [0.1, 0.15) is 58.6 Å². The van der Waals surface area contributed by atoms with Gasteiger partial charge in [-0.3, -0.25) is 9.59 Å². The molecule has 1 atom stereocenters. The molecule has 1 aromatic heterocycles. The molecule has 0 bridgehead atoms. The van der Waals surface area contributed by atoms with Gasteiger partial charge in [0.25, 0.3) is 5.91 Å². The summed E-state index contributed by atoms with van der Waals surface area (Å²) in [5.41, 5.74) is 3.16. The molecule has 5 heteroatoms. The van der Waals surface area contributed by atoms with Gasteiger partial charge in [0.05, 0.1) is 17.0 Å². The average molecular weight is 377 g/mol. The predicted molar refractivity (Wildman–Crippen MR) is 108 cm³/mol. The molecule has 0 fully saturated rings. The minimum atomic E-state index is -0.553. The largest absolute Gasteiger partial charge is 0.508 e. The molecule has 0 aliphatic carbocycles. The SMILES string of the molecule is CCCCN1C(=O)c2oc3cc(C)cc(C)c3c(=O)c2C1c1cccc(O)c1. The van der Waals surface area contributed by atoms with E-state index in [9.17, 15) is 14.7 Å². The van der Waals surface area contributed by atoms with Crippen molar-refractivity contribution in [2.24, 2.45) is 0 Å². The zero-order chi connectivity index (χ0) is 20.0. The maximum atomic E-state index is 13.5. The summed E-state index contributed by atoms with van der Waals surface area (Å²) in [5.74, 6) is -0.0484. The molecule has 1 amide bonds. The second-order valence-corrected chi connectivity index (χ2v) is 7.48. The molecule has 28 heavy (non-hydrogen) atoms. The summed E-state index contributed by atoms with van der Waals surface area (Å²) in [4.78, 5) is 28.3. The van der Waals surface area contributed by atoms with Gasteiger partial charge in [0.2, 0.25) is 5.76 Å². The van der Waals surface area contributed by atoms with E-state index in [2.05, 4.69) is 6.92 Å². The Morgan fingerprint density at radius 1 is 1.14 bits per heavy atom. The summed E-state index contributed by atoms with van der Waals surface area (Å²) < 4.78 is 6.00. The lowest BCUT2D eigenvalue weighted by atomic mass is 9.96. The van der Waals surface area contributed by atoms with Gasteiger partial charge in [-0.1, -0.05) is 31.5 Å². The van der Waals surface area contributed by atoms with E-state index < -0.39 is 6.04 Å². The van der Waals surface area contributed by atoms with Crippen LogP contribution in [0.4, 0.5) is 0 Å². The second-order valence-electron chi connectivity index (χ2n) is 7.48. The molecule has 4 rings (SSSR count). The van der Waals surface area contributed by atoms with E-state index in [1.165, 1.54) is 0 Å². The Labute approximate surface area is 163 Å². The van der Waals surface area contributed by atoms with Crippen molar-refractivity contribution < 1.29 is 14.3 Å². The van der Waals surface area contributed by atoms with E-state index in [1.54, 1.807) is 29.2 Å². The minimum Gasteiger partial charge on any atom is -0.508 e. The third-order valence-electron chi connectivity index (χ3n) is 5.35. The third-order valence-corrected chi connectivity index (χ3v) is 5.35. The van der Waals surface area contributed by atoms with Crippen LogP contribution in [0.15, 0.2) is 45.6 Å². The number of fused-ring (bicyclic) bond motifs is 2. The Hall–Kier alpha value is -3.08. The third kappa shape index (κ3) is 2.78. The number of carbonyl (C=O) groups excluding carboxylic acids is 1. The van der Waals surface area contributed by atoms with Crippen molar-refractivity contribution in [2.75, 3.05) is 6.54 Å². The molecule has 1 aliphatic heterocycles. The molecule has 0 spiro atoms. The topological polar surface area (TPSA) is 70.8 Å². The van der Waals surface area contributed by atoms with Gasteiger partial charge in [0.1, 0.15) is 11.3 Å². The van der Waals surface area contributed by atoms with E-state index >= 15 is 0 Å². The number of phenolic OH excluding ortho intramolecular Hbond substituents is 1. The highest BCUT2D eigenvalue weighted by Crippen LogP contribution is 2.39. The first-order valence-electron chi connectivity index (χ1n) is 9.60. The quantitative estimate of drug-likeness (QED) is 0.729. The van der Waals surface area contributed by atoms with Crippen molar-refractivity contribution >= 4 is 16.9 Å². The van der Waals surface area contributed by atoms with Gasteiger partial charge in [-0.25, -0.2) is 0 Å². The van der Waals surface area contributed by atoms with Gasteiger partial charge < -0.3 is 14.4 Å². The number of nitrogens with zero attached hydrogens (tertiary/aromatic N) is 1. The Bertz CT molecular complexity index is 1150. The van der Waals surface area contributed by atoms with Crippen LogP contribution in [0.5, 0.6) is 5.75 Å². The normalized spacial score (nSPS) is 16.0. The van der Waals surface area contributed by atoms with E-state index in [4.69, 9.17) is 4.42 Å². The van der Waals surface area contributed by atoms with E-state index in [1.807, 2.05) is 26.0 Å². The van der Waals surface area contributed by atoms with Crippen LogP contribution in [0.2, 0.25) is 0 Å². The van der Waals surface area contributed by atoms with Crippen LogP contribution in [-0.4, -0.2) is 22.5 Å². The Balaban J connectivity index is 2.01. The molecule has 0 saturated carbocycles. The van der Waals surface area contributed by atoms with Gasteiger partial charge in [0, 0.05) is 6.54 Å². The van der Waals surface area contributed by atoms with E-state index in [0.29, 0.717) is 28.6 Å². The lowest BCUT2D eigenvalue weighted by Crippen LogP contribution is -2.30. The van der Waals surface area contributed by atoms with Crippen molar-refractivity contribution in [3.63, 3.8) is 0 Å². The van der Waals surface area contributed by atoms with Crippen LogP contribution in [0.3, 0.4) is 0 Å². The van der Waals surface area contributed by atoms with Crippen molar-refractivity contribution in [2.45, 2.75) is 39.7 Å². The van der Waals surface area contributed by atoms with Gasteiger partial charge >= 0.3 is 0 Å². The summed E-state index contributed by atoms with van der Waals surface area (Å²) in [6.45, 7) is 6.40. The lowest BCUT2D eigenvalue weighted by Gasteiger charge is -2.25. The zero-order valence-electron chi connectivity index (χ0n) is 16.3. The molecular weight excluding hydrogens is 354 g/mol. The first-order valence-corrected chi connectivity index (χ1v) is 9.60. The van der Waals surface area contributed by atoms with Crippen LogP contribution in [0.25, 0.3) is 11.0 Å². The predicted octanol–water partition coefficient (Wildman–Crippen LogP) is 4.46. The number of amides is 1. The van der Waals surface area contributed by atoms with Gasteiger partial charge in [-0.15, -0.1) is 0 Å². The Kier molecular flexibility index (Phi) is 4.46. The van der Waals surface area contributed by atoms with Crippen molar-refractivity contribution in [1.29, 1.82) is 0 Å². The summed E-state index contributed by atoms with van der Waals surface area (Å²) in [6.07, 6.45) is 1.75. The molecule has 0 saturated heterocycles. The Morgan fingerprint density at radius 3 is 2.64 bits per heavy atom. The second kappa shape index (κ2) is 6.82. The van der Waals surface area contributed by atoms with Crippen molar-refractivity contribution in [3.05, 3.63) is 74.6 Å². The van der Waals surface area contributed by atoms with Crippen LogP contribution in [-0.2, 0) is 0 Å². The molecule has 5 nitrogen and oxygen atoms in total. The maximum absolute atomic E-state index is 13.5. The Morgan fingerprint density at radius 2 is 1.93 bits per heavy atom. The van der Waals surface area contributed by atoms with Crippen LogP contribution < -0.4 is 5.43 Å². The fourth-order valence-corrected chi connectivity index (χ4v) is 4.11. The first-order chi connectivity index (χ1) is 13.4. The summed E-state index contributed by atoms with van der Waals surface area (Å²) >= 11 is 0. The molecule has 1 N–H and O–H groups in total. The number of phenols is 1. The number of hydrogen-bond acceptors (Lipinski definition) is 4. The fraction of sp³-hybridized carbons (Fsp3) is 0.304. The highest BCUT2D eigenvalue weighted by molar-refractivity contribution is 5.99. The molecule has 3 aromatic rings. The van der Waals surface area contributed by atoms with Crippen molar-refractivity contribution in [1.82, 2.24) is 4.90 Å². The molecule has 1 unspecified atom stereocenters. The lowest BCUT2D eigenvalue weighted by molar-refractivity contribution is 0.0725. The highest BCUT2D eigenvalue weighted by atomic mass is 16.3. The summed E-state index contributed by atoms with van der Waals surface area (Å²) in [6, 6.07) is 9.93. The van der Waals surface area contributed by atoms with Gasteiger partial charge in [0.15, 0.2) is 5.43 Å². The maximum Gasteiger partial charge on any atom is 0.290 e. The standard InChI is InChI=1S/C23H23NO4/c1-4-5-9-24-20(15-7-6-8-16(25)12-15)19-21(26)18-14(3)10-13(2)11-17(18)28-22(19)23(24)27/h6-8,10-12,20,25H,4-5,9H2,1-3H3. The number of unbranched alkanes of at least 4 members (excludes halogenated alkanes) is 1. The van der Waals surface area contributed by atoms with Crippen LogP contribution >= 0.6 is 0 Å². The van der Waals surface area contributed by atoms with Gasteiger partial charge in [-0.2, -0.15) is 0 Å². The number of aromatic hydroxyl groups is 1. The molecule has 0 radical (unpaired) electrons. The van der Waals surface area contributed by atoms with E-state index in [-0.39, 0.29) is 22.8 Å². The average Bonchev–Trinajstić information content (AvgIpc) is 2.92. The molecular formula is C23H23NO4. The fourth-order valence-electron chi connectivity index (χ4n) is 4.11. The van der Waals surface area contributed by atoms with Crippen molar-refractivity contribution in [3.8, 4) is 5.75 Å². The molecule has 1 aliphatic rings. The zero-order valence-corrected chi connectivity index (χ0v) is 16.3. The van der Waals surface area contributed by atoms with Crippen LogP contribution in [0, 0.1) is 13.8 Å².